The van der Waals surface area contributed by atoms with Gasteiger partial charge in [0.1, 0.15) is 0 Å². The maximum atomic E-state index is 11.9. The fraction of sp³-hybridized carbons (Fsp3) is 0.364. The third kappa shape index (κ3) is 1.21. The topological polar surface area (TPSA) is 48.0 Å². The Bertz CT molecular complexity index is 362. The lowest BCUT2D eigenvalue weighted by atomic mass is 9.97. The monoisotopic (exact) mass is 191 g/mol. The summed E-state index contributed by atoms with van der Waals surface area (Å²) in [5.74, 6) is 0.239. The van der Waals surface area contributed by atoms with Crippen molar-refractivity contribution in [2.75, 3.05) is 18.5 Å². The van der Waals surface area contributed by atoms with Gasteiger partial charge in [-0.05, 0) is 11.6 Å². The van der Waals surface area contributed by atoms with Gasteiger partial charge in [-0.2, -0.15) is 0 Å². The highest BCUT2D eigenvalue weighted by molar-refractivity contribution is 6.04. The average Bonchev–Trinajstić information content (AvgIpc) is 2.45. The largest absolute Gasteiger partial charge is 0.358 e. The fourth-order valence-corrected chi connectivity index (χ4v) is 2.06. The summed E-state index contributed by atoms with van der Waals surface area (Å²) >= 11 is 0. The number of fused-ring (bicyclic) bond motifs is 1. The van der Waals surface area contributed by atoms with Crippen molar-refractivity contribution in [1.82, 2.24) is 0 Å². The van der Waals surface area contributed by atoms with Crippen LogP contribution in [0.25, 0.3) is 0 Å². The highest BCUT2D eigenvalue weighted by atomic mass is 16.2. The Morgan fingerprint density at radius 2 is 2.14 bits per heavy atom. The number of amides is 1. The zero-order chi connectivity index (χ0) is 10.1. The molecule has 1 aliphatic rings. The van der Waals surface area contributed by atoms with E-state index in [9.17, 15) is 4.79 Å². The first kappa shape index (κ1) is 9.21. The number of rotatable bonds is 2. The van der Waals surface area contributed by atoms with E-state index in [1.54, 1.807) is 4.90 Å². The molecule has 2 rings (SSSR count). The highest BCUT2D eigenvalue weighted by Crippen LogP contribution is 2.37. The molecule has 0 saturated heterocycles. The van der Waals surface area contributed by atoms with Gasteiger partial charge in [-0.25, -0.2) is 0 Å². The number of anilines is 1. The number of carbonyl (C=O) groups excluding carboxylic acids is 1. The molecule has 1 heterocycles. The van der Waals surface area contributed by atoms with Gasteiger partial charge < -0.3 is 10.6 Å². The second-order valence-corrected chi connectivity index (χ2v) is 3.65. The summed E-state index contributed by atoms with van der Waals surface area (Å²) in [6.07, 6.45) is 0.847. The predicted molar refractivity (Wildman–Crippen MR) is 55.0 cm³/mol. The quantitative estimate of drug-likeness (QED) is 0.721. The van der Waals surface area contributed by atoms with Gasteiger partial charge in [0.25, 0.3) is 0 Å². The molecule has 3 nitrogen and oxygen atoms in total. The number of carbonyl (C=O) groups is 1. The van der Waals surface area contributed by atoms with Crippen LogP contribution >= 0.6 is 0 Å². The summed E-state index contributed by atoms with van der Waals surface area (Å²) in [6, 6.07) is 7.99. The van der Waals surface area contributed by atoms with Gasteiger partial charge >= 0.3 is 0 Å². The van der Waals surface area contributed by atoms with Crippen LogP contribution in [0, 0.1) is 0 Å². The van der Waals surface area contributed by atoms with Gasteiger partial charge in [-0.1, -0.05) is 18.2 Å². The number of para-hydroxylation sites is 1. The van der Waals surface area contributed by atoms with Crippen molar-refractivity contribution in [3.63, 3.8) is 0 Å². The Hall–Kier alpha value is -1.35. The number of quaternary nitrogens is 1. The zero-order valence-electron chi connectivity index (χ0n) is 8.36. The lowest BCUT2D eigenvalue weighted by Crippen LogP contribution is -2.51. The van der Waals surface area contributed by atoms with Crippen LogP contribution in [-0.2, 0) is 4.79 Å². The molecule has 0 aromatic heterocycles. The number of hydrogen-bond acceptors (Lipinski definition) is 1. The highest BCUT2D eigenvalue weighted by Gasteiger charge is 2.34. The number of benzene rings is 1. The maximum Gasteiger partial charge on any atom is 0.234 e. The van der Waals surface area contributed by atoms with E-state index in [2.05, 4.69) is 5.73 Å². The van der Waals surface area contributed by atoms with E-state index in [-0.39, 0.29) is 11.8 Å². The van der Waals surface area contributed by atoms with Crippen LogP contribution in [0.4, 0.5) is 5.69 Å². The van der Waals surface area contributed by atoms with Gasteiger partial charge in [-0.15, -0.1) is 0 Å². The normalized spacial score (nSPS) is 20.0. The molecule has 0 radical (unpaired) electrons. The molecule has 0 saturated carbocycles. The zero-order valence-corrected chi connectivity index (χ0v) is 8.36. The summed E-state index contributed by atoms with van der Waals surface area (Å²) in [5.41, 5.74) is 6.02. The summed E-state index contributed by atoms with van der Waals surface area (Å²) in [4.78, 5) is 13.6. The first-order chi connectivity index (χ1) is 6.75. The standard InChI is InChI=1S/C11H14N2O/c1-13-10-5-3-2-4-8(10)9(6-7-12)11(13)14/h2-5,9H,6-7,12H2,1H3/p+1/t9-/m0/s1. The van der Waals surface area contributed by atoms with Crippen LogP contribution in [0.3, 0.4) is 0 Å². The molecule has 74 valence electrons. The Balaban J connectivity index is 2.42. The molecule has 1 atom stereocenters. The van der Waals surface area contributed by atoms with Crippen LogP contribution in [0.1, 0.15) is 17.9 Å². The van der Waals surface area contributed by atoms with E-state index in [1.807, 2.05) is 31.3 Å². The fourth-order valence-electron chi connectivity index (χ4n) is 2.06. The molecule has 0 spiro atoms. The molecule has 1 aromatic rings. The summed E-state index contributed by atoms with van der Waals surface area (Å²) in [6.45, 7) is 0.804. The summed E-state index contributed by atoms with van der Waals surface area (Å²) in [7, 11) is 1.84. The smallest absolute Gasteiger partial charge is 0.234 e. The lowest BCUT2D eigenvalue weighted by Gasteiger charge is -2.09. The molecule has 3 heteroatoms. The van der Waals surface area contributed by atoms with Gasteiger partial charge in [-0.3, -0.25) is 4.79 Å². The molecular weight excluding hydrogens is 176 g/mol. The Morgan fingerprint density at radius 3 is 2.86 bits per heavy atom. The van der Waals surface area contributed by atoms with Crippen molar-refractivity contribution >= 4 is 11.6 Å². The van der Waals surface area contributed by atoms with Crippen molar-refractivity contribution in [1.29, 1.82) is 0 Å². The molecular formula is C11H15N2O+. The molecule has 14 heavy (non-hydrogen) atoms. The van der Waals surface area contributed by atoms with Crippen molar-refractivity contribution < 1.29 is 10.5 Å². The number of nitrogens with zero attached hydrogens (tertiary/aromatic N) is 1. The van der Waals surface area contributed by atoms with Crippen LogP contribution in [0.5, 0.6) is 0 Å². The minimum Gasteiger partial charge on any atom is -0.358 e. The first-order valence-electron chi connectivity index (χ1n) is 4.91. The van der Waals surface area contributed by atoms with Crippen LogP contribution in [0.2, 0.25) is 0 Å². The van der Waals surface area contributed by atoms with Gasteiger partial charge in [0, 0.05) is 19.2 Å². The number of hydrogen-bond donors (Lipinski definition) is 1. The Kier molecular flexibility index (Phi) is 2.25. The Labute approximate surface area is 83.5 Å². The minimum atomic E-state index is 0.0358. The molecule has 1 amide bonds. The SMILES string of the molecule is CN1C(=O)[C@@H](CC[NH3+])c2ccccc21. The molecule has 3 N–H and O–H groups in total. The van der Waals surface area contributed by atoms with Crippen LogP contribution < -0.4 is 10.6 Å². The van der Waals surface area contributed by atoms with Crippen molar-refractivity contribution in [2.45, 2.75) is 12.3 Å². The molecule has 0 aliphatic carbocycles. The van der Waals surface area contributed by atoms with E-state index < -0.39 is 0 Å². The lowest BCUT2D eigenvalue weighted by molar-refractivity contribution is -0.368. The van der Waals surface area contributed by atoms with Crippen molar-refractivity contribution in [3.05, 3.63) is 29.8 Å². The van der Waals surface area contributed by atoms with E-state index in [4.69, 9.17) is 0 Å². The minimum absolute atomic E-state index is 0.0358. The first-order valence-corrected chi connectivity index (χ1v) is 4.91. The second-order valence-electron chi connectivity index (χ2n) is 3.65. The van der Waals surface area contributed by atoms with Crippen molar-refractivity contribution in [2.24, 2.45) is 0 Å². The van der Waals surface area contributed by atoms with E-state index >= 15 is 0 Å². The third-order valence-corrected chi connectivity index (χ3v) is 2.79. The van der Waals surface area contributed by atoms with Gasteiger partial charge in [0.15, 0.2) is 0 Å². The molecule has 0 fully saturated rings. The van der Waals surface area contributed by atoms with Gasteiger partial charge in [0.05, 0.1) is 12.5 Å². The summed E-state index contributed by atoms with van der Waals surface area (Å²) < 4.78 is 0. The third-order valence-electron chi connectivity index (χ3n) is 2.79. The second kappa shape index (κ2) is 3.42. The molecule has 0 unspecified atom stereocenters. The number of likely N-dealkylation sites (N-methyl/N-ethyl adjacent to an activating group) is 1. The van der Waals surface area contributed by atoms with E-state index in [0.717, 1.165) is 24.2 Å². The van der Waals surface area contributed by atoms with Gasteiger partial charge in [0.2, 0.25) is 5.91 Å². The van der Waals surface area contributed by atoms with Crippen LogP contribution in [-0.4, -0.2) is 19.5 Å². The van der Waals surface area contributed by atoms with Crippen LogP contribution in [0.15, 0.2) is 24.3 Å². The molecule has 1 aliphatic heterocycles. The Morgan fingerprint density at radius 1 is 1.43 bits per heavy atom. The molecule has 0 bridgehead atoms. The van der Waals surface area contributed by atoms with Crippen molar-refractivity contribution in [3.8, 4) is 0 Å². The average molecular weight is 191 g/mol. The maximum absolute atomic E-state index is 11.9. The van der Waals surface area contributed by atoms with E-state index in [1.165, 1.54) is 0 Å². The predicted octanol–water partition coefficient (Wildman–Crippen LogP) is 0.379. The molecule has 1 aromatic carbocycles. The van der Waals surface area contributed by atoms with E-state index in [0.29, 0.717) is 0 Å². The summed E-state index contributed by atoms with van der Waals surface area (Å²) in [5, 5.41) is 0.